The van der Waals surface area contributed by atoms with Gasteiger partial charge in [0, 0.05) is 0 Å². The van der Waals surface area contributed by atoms with Gasteiger partial charge >= 0.3 is 0 Å². The summed E-state index contributed by atoms with van der Waals surface area (Å²) in [7, 11) is 0. The number of piperidine rings is 1. The quantitative estimate of drug-likeness (QED) is 0.653. The Bertz CT molecular complexity index is 225. The van der Waals surface area contributed by atoms with Crippen LogP contribution in [0.3, 0.4) is 0 Å². The first-order chi connectivity index (χ1) is 8.19. The summed E-state index contributed by atoms with van der Waals surface area (Å²) in [5.41, 5.74) is 5.42. The second-order valence-electron chi connectivity index (χ2n) is 5.01. The Morgan fingerprint density at radius 1 is 1.41 bits per heavy atom. The average Bonchev–Trinajstić information content (AvgIpc) is 2.32. The Morgan fingerprint density at radius 3 is 2.53 bits per heavy atom. The van der Waals surface area contributed by atoms with E-state index in [9.17, 15) is 4.79 Å². The summed E-state index contributed by atoms with van der Waals surface area (Å²) < 4.78 is 0. The zero-order chi connectivity index (χ0) is 12.7. The van der Waals surface area contributed by atoms with Crippen molar-refractivity contribution in [3.05, 3.63) is 0 Å². The van der Waals surface area contributed by atoms with Crippen LogP contribution in [0.4, 0.5) is 0 Å². The third-order valence-corrected chi connectivity index (χ3v) is 3.66. The fourth-order valence-corrected chi connectivity index (χ4v) is 2.59. The molecule has 3 N–H and O–H groups in total. The maximum atomic E-state index is 11.3. The molecule has 0 bridgehead atoms. The van der Waals surface area contributed by atoms with Gasteiger partial charge in [0.05, 0.1) is 6.04 Å². The molecule has 0 aromatic heterocycles. The van der Waals surface area contributed by atoms with Crippen LogP contribution in [0.1, 0.15) is 39.5 Å². The second kappa shape index (κ2) is 7.67. The van der Waals surface area contributed by atoms with Crippen molar-refractivity contribution in [3.8, 4) is 0 Å². The lowest BCUT2D eigenvalue weighted by Gasteiger charge is -2.35. The molecule has 1 unspecified atom stereocenters. The van der Waals surface area contributed by atoms with Gasteiger partial charge in [0.15, 0.2) is 0 Å². The second-order valence-corrected chi connectivity index (χ2v) is 5.01. The van der Waals surface area contributed by atoms with Gasteiger partial charge in [0.25, 0.3) is 0 Å². The molecule has 1 amide bonds. The zero-order valence-corrected chi connectivity index (χ0v) is 11.2. The molecular weight excluding hydrogens is 214 g/mol. The molecule has 0 saturated carbocycles. The van der Waals surface area contributed by atoms with E-state index in [0.717, 1.165) is 38.5 Å². The molecule has 4 nitrogen and oxygen atoms in total. The normalized spacial score (nSPS) is 20.4. The number of primary amides is 1. The summed E-state index contributed by atoms with van der Waals surface area (Å²) >= 11 is 0. The molecule has 1 saturated heterocycles. The Hall–Kier alpha value is -0.610. The molecule has 0 radical (unpaired) electrons. The number of carbonyl (C=O) groups is 1. The molecule has 0 aromatic carbocycles. The van der Waals surface area contributed by atoms with Crippen molar-refractivity contribution in [2.45, 2.75) is 45.6 Å². The van der Waals surface area contributed by atoms with Crippen LogP contribution in [0.5, 0.6) is 0 Å². The van der Waals surface area contributed by atoms with Gasteiger partial charge in [-0.3, -0.25) is 9.69 Å². The minimum atomic E-state index is -0.171. The fraction of sp³-hybridized carbons (Fsp3) is 0.923. The largest absolute Gasteiger partial charge is 0.368 e. The van der Waals surface area contributed by atoms with Crippen molar-refractivity contribution in [3.63, 3.8) is 0 Å². The zero-order valence-electron chi connectivity index (χ0n) is 11.2. The van der Waals surface area contributed by atoms with E-state index in [2.05, 4.69) is 17.1 Å². The molecule has 1 aliphatic heterocycles. The summed E-state index contributed by atoms with van der Waals surface area (Å²) in [6.07, 6.45) is 4.38. The van der Waals surface area contributed by atoms with E-state index in [1.54, 1.807) is 0 Å². The molecule has 1 rings (SSSR count). The molecule has 1 fully saturated rings. The molecule has 1 heterocycles. The van der Waals surface area contributed by atoms with E-state index >= 15 is 0 Å². The highest BCUT2D eigenvalue weighted by molar-refractivity contribution is 5.79. The Balaban J connectivity index is 2.27. The van der Waals surface area contributed by atoms with Crippen LogP contribution >= 0.6 is 0 Å². The Kier molecular flexibility index (Phi) is 6.52. The highest BCUT2D eigenvalue weighted by Crippen LogP contribution is 2.19. The topological polar surface area (TPSA) is 58.4 Å². The number of hydrogen-bond acceptors (Lipinski definition) is 3. The Morgan fingerprint density at radius 2 is 2.06 bits per heavy atom. The number of nitrogens with one attached hydrogen (secondary N) is 1. The van der Waals surface area contributed by atoms with E-state index in [1.165, 1.54) is 19.3 Å². The van der Waals surface area contributed by atoms with E-state index in [0.29, 0.717) is 0 Å². The standard InChI is InChI=1S/C13H27N3O/c1-3-7-15-10-11-5-8-16(9-6-11)12(4-2)13(14)17/h11-12,15H,3-10H2,1-2H3,(H2,14,17). The minimum absolute atomic E-state index is 0.0560. The summed E-state index contributed by atoms with van der Waals surface area (Å²) in [6, 6.07) is -0.0560. The number of nitrogens with two attached hydrogens (primary N) is 1. The van der Waals surface area contributed by atoms with Gasteiger partial charge < -0.3 is 11.1 Å². The molecule has 4 heteroatoms. The molecular formula is C13H27N3O. The maximum Gasteiger partial charge on any atom is 0.234 e. The Labute approximate surface area is 105 Å². The van der Waals surface area contributed by atoms with Gasteiger partial charge in [-0.25, -0.2) is 0 Å². The van der Waals surface area contributed by atoms with Gasteiger partial charge in [-0.1, -0.05) is 13.8 Å². The van der Waals surface area contributed by atoms with Crippen LogP contribution < -0.4 is 11.1 Å². The van der Waals surface area contributed by atoms with Crippen LogP contribution in [0.2, 0.25) is 0 Å². The first-order valence-corrected chi connectivity index (χ1v) is 6.93. The minimum Gasteiger partial charge on any atom is -0.368 e. The lowest BCUT2D eigenvalue weighted by atomic mass is 9.95. The van der Waals surface area contributed by atoms with Gasteiger partial charge in [-0.05, 0) is 57.8 Å². The van der Waals surface area contributed by atoms with E-state index in [4.69, 9.17) is 5.73 Å². The number of hydrogen-bond donors (Lipinski definition) is 2. The monoisotopic (exact) mass is 241 g/mol. The molecule has 17 heavy (non-hydrogen) atoms. The van der Waals surface area contributed by atoms with Crippen molar-refractivity contribution in [1.82, 2.24) is 10.2 Å². The fourth-order valence-electron chi connectivity index (χ4n) is 2.59. The lowest BCUT2D eigenvalue weighted by molar-refractivity contribution is -0.123. The summed E-state index contributed by atoms with van der Waals surface area (Å²) in [5, 5.41) is 3.48. The van der Waals surface area contributed by atoms with E-state index < -0.39 is 0 Å². The first kappa shape index (κ1) is 14.5. The van der Waals surface area contributed by atoms with Gasteiger partial charge in [-0.15, -0.1) is 0 Å². The number of carbonyl (C=O) groups excluding carboxylic acids is 1. The van der Waals surface area contributed by atoms with E-state index in [1.807, 2.05) is 6.92 Å². The molecule has 100 valence electrons. The predicted molar refractivity (Wildman–Crippen MR) is 70.7 cm³/mol. The van der Waals surface area contributed by atoms with Crippen LogP contribution in [0.25, 0.3) is 0 Å². The highest BCUT2D eigenvalue weighted by atomic mass is 16.1. The predicted octanol–water partition coefficient (Wildman–Crippen LogP) is 0.962. The van der Waals surface area contributed by atoms with Gasteiger partial charge in [0.1, 0.15) is 0 Å². The van der Waals surface area contributed by atoms with Crippen molar-refractivity contribution in [2.75, 3.05) is 26.2 Å². The van der Waals surface area contributed by atoms with Crippen LogP contribution in [-0.4, -0.2) is 43.0 Å². The lowest BCUT2D eigenvalue weighted by Crippen LogP contribution is -2.48. The third-order valence-electron chi connectivity index (χ3n) is 3.66. The number of likely N-dealkylation sites (tertiary alicyclic amines) is 1. The number of nitrogens with zero attached hydrogens (tertiary/aromatic N) is 1. The van der Waals surface area contributed by atoms with Gasteiger partial charge in [0.2, 0.25) is 5.91 Å². The molecule has 1 atom stereocenters. The number of rotatable bonds is 7. The SMILES string of the molecule is CCCNCC1CCN(C(CC)C(N)=O)CC1. The van der Waals surface area contributed by atoms with E-state index in [-0.39, 0.29) is 11.9 Å². The van der Waals surface area contributed by atoms with Crippen molar-refractivity contribution < 1.29 is 4.79 Å². The maximum absolute atomic E-state index is 11.3. The van der Waals surface area contributed by atoms with Crippen LogP contribution in [-0.2, 0) is 4.79 Å². The smallest absolute Gasteiger partial charge is 0.234 e. The van der Waals surface area contributed by atoms with Crippen molar-refractivity contribution in [2.24, 2.45) is 11.7 Å². The third kappa shape index (κ3) is 4.64. The molecule has 0 spiro atoms. The van der Waals surface area contributed by atoms with Crippen molar-refractivity contribution >= 4 is 5.91 Å². The summed E-state index contributed by atoms with van der Waals surface area (Å²) in [6.45, 7) is 8.48. The highest BCUT2D eigenvalue weighted by Gasteiger charge is 2.26. The van der Waals surface area contributed by atoms with Gasteiger partial charge in [-0.2, -0.15) is 0 Å². The summed E-state index contributed by atoms with van der Waals surface area (Å²) in [5.74, 6) is 0.596. The van der Waals surface area contributed by atoms with Crippen LogP contribution in [0, 0.1) is 5.92 Å². The molecule has 0 aromatic rings. The molecule has 0 aliphatic carbocycles. The van der Waals surface area contributed by atoms with Crippen molar-refractivity contribution in [1.29, 1.82) is 0 Å². The van der Waals surface area contributed by atoms with Crippen LogP contribution in [0.15, 0.2) is 0 Å². The first-order valence-electron chi connectivity index (χ1n) is 6.93. The number of amides is 1. The summed E-state index contributed by atoms with van der Waals surface area (Å²) in [4.78, 5) is 13.5. The average molecular weight is 241 g/mol. The molecule has 1 aliphatic rings.